The summed E-state index contributed by atoms with van der Waals surface area (Å²) >= 11 is 0. The second-order valence-electron chi connectivity index (χ2n) is 8.89. The molecule has 1 amide bonds. The number of nitro groups is 1. The molecule has 0 unspecified atom stereocenters. The van der Waals surface area contributed by atoms with Crippen molar-refractivity contribution in [1.82, 2.24) is 24.8 Å². The van der Waals surface area contributed by atoms with Gasteiger partial charge in [0.25, 0.3) is 0 Å². The van der Waals surface area contributed by atoms with Crippen molar-refractivity contribution in [1.29, 1.82) is 0 Å². The summed E-state index contributed by atoms with van der Waals surface area (Å²) in [6.45, 7) is 5.17. The molecule has 0 radical (unpaired) electrons. The number of carbonyl (C=O) groups is 1. The fraction of sp³-hybridized carbons (Fsp3) is 0.375. The fourth-order valence-electron chi connectivity index (χ4n) is 4.08. The summed E-state index contributed by atoms with van der Waals surface area (Å²) in [5.41, 5.74) is 1.44. The number of hydrogen-bond donors (Lipinski definition) is 1. The Kier molecular flexibility index (Phi) is 6.67. The topological polar surface area (TPSA) is 140 Å². The quantitative estimate of drug-likeness (QED) is 0.370. The number of nitrogens with one attached hydrogen (secondary N) is 1. The summed E-state index contributed by atoms with van der Waals surface area (Å²) in [6, 6.07) is 11.7. The first-order valence-corrected chi connectivity index (χ1v) is 11.8. The lowest BCUT2D eigenvalue weighted by molar-refractivity contribution is -0.385. The van der Waals surface area contributed by atoms with Crippen LogP contribution >= 0.6 is 0 Å². The average molecular weight is 491 g/mol. The van der Waals surface area contributed by atoms with E-state index in [9.17, 15) is 14.9 Å². The van der Waals surface area contributed by atoms with Crippen LogP contribution in [0.2, 0.25) is 0 Å². The zero-order chi connectivity index (χ0) is 25.1. The molecule has 1 aliphatic carbocycles. The zero-order valence-electron chi connectivity index (χ0n) is 19.8. The van der Waals surface area contributed by atoms with Crippen molar-refractivity contribution in [3.8, 4) is 11.8 Å². The molecule has 1 saturated carbocycles. The van der Waals surface area contributed by atoms with Gasteiger partial charge < -0.3 is 9.64 Å². The molecule has 5 rings (SSSR count). The van der Waals surface area contributed by atoms with E-state index in [4.69, 9.17) is 4.74 Å². The normalized spacial score (nSPS) is 16.0. The van der Waals surface area contributed by atoms with Gasteiger partial charge in [-0.1, -0.05) is 30.3 Å². The number of amides is 1. The van der Waals surface area contributed by atoms with E-state index >= 15 is 0 Å². The Morgan fingerprint density at radius 2 is 1.89 bits per heavy atom. The summed E-state index contributed by atoms with van der Waals surface area (Å²) < 4.78 is 5.75. The standard InChI is InChI=1S/C24H26N8O4/c1-16-13-19(28-24(27-16)29-22(33)18-7-8-18)36-23-20(32(34)35)21(25-15-26-23)31-11-9-30(10-12-31)14-17-5-3-2-4-6-17/h2-6,13,15,18H,7-12,14H2,1H3,(H,27,28,29,33). The van der Waals surface area contributed by atoms with Crippen LogP contribution in [0.25, 0.3) is 0 Å². The molecule has 1 aliphatic heterocycles. The molecule has 3 aromatic rings. The van der Waals surface area contributed by atoms with Crippen LogP contribution in [-0.4, -0.2) is 61.8 Å². The van der Waals surface area contributed by atoms with E-state index in [1.54, 1.807) is 6.92 Å². The third kappa shape index (κ3) is 5.54. The second kappa shape index (κ2) is 10.2. The molecule has 2 aromatic heterocycles. The Labute approximate surface area is 207 Å². The predicted molar refractivity (Wildman–Crippen MR) is 131 cm³/mol. The molecule has 0 bridgehead atoms. The lowest BCUT2D eigenvalue weighted by Gasteiger charge is -2.35. The fourth-order valence-corrected chi connectivity index (χ4v) is 4.08. The number of rotatable bonds is 8. The van der Waals surface area contributed by atoms with Crippen LogP contribution in [0.5, 0.6) is 11.8 Å². The molecule has 12 nitrogen and oxygen atoms in total. The minimum Gasteiger partial charge on any atom is -0.414 e. The minimum absolute atomic E-state index is 0.0165. The number of carbonyl (C=O) groups excluding carboxylic acids is 1. The number of hydrogen-bond acceptors (Lipinski definition) is 10. The first-order chi connectivity index (χ1) is 17.5. The minimum atomic E-state index is -0.537. The van der Waals surface area contributed by atoms with Crippen LogP contribution in [0.15, 0.2) is 42.7 Å². The Balaban J connectivity index is 1.32. The van der Waals surface area contributed by atoms with E-state index in [1.165, 1.54) is 18.0 Å². The van der Waals surface area contributed by atoms with Crippen molar-refractivity contribution in [2.24, 2.45) is 5.92 Å². The molecule has 2 fully saturated rings. The largest absolute Gasteiger partial charge is 0.414 e. The van der Waals surface area contributed by atoms with Gasteiger partial charge in [-0.15, -0.1) is 0 Å². The Morgan fingerprint density at radius 3 is 2.58 bits per heavy atom. The van der Waals surface area contributed by atoms with Crippen LogP contribution in [0.1, 0.15) is 24.1 Å². The SMILES string of the molecule is Cc1cc(Oc2ncnc(N3CCN(Cc4ccccc4)CC3)c2[N+](=O)[O-])nc(NC(=O)C2CC2)n1. The van der Waals surface area contributed by atoms with Gasteiger partial charge in [-0.2, -0.15) is 9.97 Å². The third-order valence-corrected chi connectivity index (χ3v) is 6.09. The van der Waals surface area contributed by atoms with Gasteiger partial charge >= 0.3 is 11.6 Å². The lowest BCUT2D eigenvalue weighted by Crippen LogP contribution is -2.46. The number of nitrogens with zero attached hydrogens (tertiary/aromatic N) is 7. The predicted octanol–water partition coefficient (Wildman–Crippen LogP) is 2.95. The number of benzene rings is 1. The Bertz CT molecular complexity index is 1260. The molecule has 1 N–H and O–H groups in total. The highest BCUT2D eigenvalue weighted by Gasteiger charge is 2.32. The molecule has 1 saturated heterocycles. The molecule has 3 heterocycles. The van der Waals surface area contributed by atoms with Gasteiger partial charge in [0.05, 0.1) is 4.92 Å². The van der Waals surface area contributed by atoms with Gasteiger partial charge in [0.15, 0.2) is 0 Å². The number of anilines is 2. The van der Waals surface area contributed by atoms with E-state index in [2.05, 4.69) is 42.3 Å². The van der Waals surface area contributed by atoms with Crippen molar-refractivity contribution in [3.63, 3.8) is 0 Å². The number of ether oxygens (including phenoxy) is 1. The Morgan fingerprint density at radius 1 is 1.14 bits per heavy atom. The first kappa shape index (κ1) is 23.5. The molecule has 0 atom stereocenters. The maximum Gasteiger partial charge on any atom is 0.373 e. The number of piperazine rings is 1. The van der Waals surface area contributed by atoms with Gasteiger partial charge in [-0.25, -0.2) is 9.97 Å². The Hall–Kier alpha value is -4.19. The molecule has 0 spiro atoms. The van der Waals surface area contributed by atoms with Crippen molar-refractivity contribution in [2.75, 3.05) is 36.4 Å². The van der Waals surface area contributed by atoms with Gasteiger partial charge in [0, 0.05) is 50.4 Å². The molecule has 1 aromatic carbocycles. The molecule has 186 valence electrons. The van der Waals surface area contributed by atoms with E-state index in [0.717, 1.165) is 32.5 Å². The zero-order valence-corrected chi connectivity index (χ0v) is 19.8. The molecule has 2 aliphatic rings. The van der Waals surface area contributed by atoms with Gasteiger partial charge in [0.2, 0.25) is 23.6 Å². The average Bonchev–Trinajstić information content (AvgIpc) is 3.70. The van der Waals surface area contributed by atoms with Crippen molar-refractivity contribution in [3.05, 3.63) is 64.1 Å². The van der Waals surface area contributed by atoms with Crippen LogP contribution < -0.4 is 15.0 Å². The van der Waals surface area contributed by atoms with Gasteiger partial charge in [0.1, 0.15) is 6.33 Å². The number of aromatic nitrogens is 4. The van der Waals surface area contributed by atoms with Crippen LogP contribution in [0, 0.1) is 23.0 Å². The maximum absolute atomic E-state index is 12.1. The van der Waals surface area contributed by atoms with E-state index in [1.807, 2.05) is 23.1 Å². The highest BCUT2D eigenvalue weighted by Crippen LogP contribution is 2.36. The summed E-state index contributed by atoms with van der Waals surface area (Å²) in [5.74, 6) is -0.0282. The monoisotopic (exact) mass is 490 g/mol. The van der Waals surface area contributed by atoms with Crippen LogP contribution in [0.4, 0.5) is 17.5 Å². The van der Waals surface area contributed by atoms with Gasteiger partial charge in [-0.3, -0.25) is 25.1 Å². The molecular weight excluding hydrogens is 464 g/mol. The second-order valence-corrected chi connectivity index (χ2v) is 8.89. The molecule has 36 heavy (non-hydrogen) atoms. The molecule has 12 heteroatoms. The highest BCUT2D eigenvalue weighted by atomic mass is 16.6. The van der Waals surface area contributed by atoms with E-state index in [-0.39, 0.29) is 41.0 Å². The van der Waals surface area contributed by atoms with Crippen LogP contribution in [-0.2, 0) is 11.3 Å². The lowest BCUT2D eigenvalue weighted by atomic mass is 10.2. The maximum atomic E-state index is 12.1. The summed E-state index contributed by atoms with van der Waals surface area (Å²) in [7, 11) is 0. The van der Waals surface area contributed by atoms with E-state index < -0.39 is 4.92 Å². The smallest absolute Gasteiger partial charge is 0.373 e. The van der Waals surface area contributed by atoms with Crippen LogP contribution in [0.3, 0.4) is 0 Å². The summed E-state index contributed by atoms with van der Waals surface area (Å²) in [5, 5.41) is 14.7. The first-order valence-electron chi connectivity index (χ1n) is 11.8. The van der Waals surface area contributed by atoms with Gasteiger partial charge in [-0.05, 0) is 25.3 Å². The van der Waals surface area contributed by atoms with E-state index in [0.29, 0.717) is 18.8 Å². The van der Waals surface area contributed by atoms with Crippen molar-refractivity contribution < 1.29 is 14.5 Å². The summed E-state index contributed by atoms with van der Waals surface area (Å²) in [6.07, 6.45) is 2.94. The summed E-state index contributed by atoms with van der Waals surface area (Å²) in [4.78, 5) is 44.4. The molecular formula is C24H26N8O4. The third-order valence-electron chi connectivity index (χ3n) is 6.09. The van der Waals surface area contributed by atoms with Crippen molar-refractivity contribution in [2.45, 2.75) is 26.3 Å². The number of aryl methyl sites for hydroxylation is 1. The van der Waals surface area contributed by atoms with Crippen molar-refractivity contribution >= 4 is 23.4 Å². The highest BCUT2D eigenvalue weighted by molar-refractivity contribution is 5.92.